The van der Waals surface area contributed by atoms with Crippen LogP contribution in [0.3, 0.4) is 0 Å². The molecule has 0 aromatic rings. The van der Waals surface area contributed by atoms with Gasteiger partial charge in [-0.25, -0.2) is 4.57 Å². The maximum atomic E-state index is 11.9. The highest BCUT2D eigenvalue weighted by molar-refractivity contribution is 7.99. The Bertz CT molecular complexity index is 539. The summed E-state index contributed by atoms with van der Waals surface area (Å²) in [5.41, 5.74) is 3.72. The molecule has 0 unspecified atom stereocenters. The summed E-state index contributed by atoms with van der Waals surface area (Å²) < 4.78 is 15.0. The lowest BCUT2D eigenvalue weighted by molar-refractivity contribution is -0.137. The van der Waals surface area contributed by atoms with Crippen molar-refractivity contribution < 1.29 is 38.4 Å². The van der Waals surface area contributed by atoms with E-state index in [1.807, 2.05) is 0 Å². The Morgan fingerprint density at radius 3 is 2.38 bits per heavy atom. The Kier molecular flexibility index (Phi) is 11.0. The minimum Gasteiger partial charge on any atom is -0.383 e. The molecule has 7 N–H and O–H groups in total. The molecule has 0 rings (SSSR count). The molecule has 0 aliphatic rings. The zero-order valence-electron chi connectivity index (χ0n) is 14.6. The first kappa shape index (κ1) is 24.8. The van der Waals surface area contributed by atoms with Crippen molar-refractivity contribution in [1.29, 1.82) is 0 Å². The molecule has 152 valence electrons. The van der Waals surface area contributed by atoms with Crippen molar-refractivity contribution >= 4 is 37.3 Å². The Morgan fingerprint density at radius 1 is 1.23 bits per heavy atom. The topological polar surface area (TPSA) is 188 Å². The van der Waals surface area contributed by atoms with Crippen LogP contribution in [0.4, 0.5) is 0 Å². The van der Waals surface area contributed by atoms with E-state index in [1.54, 1.807) is 0 Å². The Balaban J connectivity index is 4.07. The standard InChI is InChI=1S/C13H26N3O8PS/c1-13(2,8-24-25(21,22)23)11(19)12(20)16-4-3-10(18)15-5-6-26-7-9(14)17/h11,19H,3-8H2,1-2H3,(H2,14,17)(H,15,18)(H,16,20)(H2,21,22,23)/t11-/m0/s1. The summed E-state index contributed by atoms with van der Waals surface area (Å²) in [6.07, 6.45) is -1.60. The fourth-order valence-electron chi connectivity index (χ4n) is 1.60. The third kappa shape index (κ3) is 12.2. The second-order valence-electron chi connectivity index (χ2n) is 6.07. The molecule has 0 saturated heterocycles. The van der Waals surface area contributed by atoms with Crippen LogP contribution in [0.25, 0.3) is 0 Å². The van der Waals surface area contributed by atoms with E-state index < -0.39 is 37.8 Å². The van der Waals surface area contributed by atoms with Crippen molar-refractivity contribution in [2.75, 3.05) is 31.2 Å². The van der Waals surface area contributed by atoms with Gasteiger partial charge in [0.25, 0.3) is 0 Å². The summed E-state index contributed by atoms with van der Waals surface area (Å²) in [7, 11) is -4.71. The van der Waals surface area contributed by atoms with Gasteiger partial charge in [-0.1, -0.05) is 13.8 Å². The second-order valence-corrected chi connectivity index (χ2v) is 8.41. The highest BCUT2D eigenvalue weighted by atomic mass is 32.2. The summed E-state index contributed by atoms with van der Waals surface area (Å²) in [5.74, 6) is -0.840. The fraction of sp³-hybridized carbons (Fsp3) is 0.769. The van der Waals surface area contributed by atoms with Crippen LogP contribution in [-0.4, -0.2) is 69.9 Å². The van der Waals surface area contributed by atoms with Crippen LogP contribution in [0, 0.1) is 5.41 Å². The second kappa shape index (κ2) is 11.5. The number of aliphatic hydroxyl groups excluding tert-OH is 1. The molecule has 0 heterocycles. The smallest absolute Gasteiger partial charge is 0.383 e. The highest BCUT2D eigenvalue weighted by Gasteiger charge is 2.35. The molecule has 1 atom stereocenters. The lowest BCUT2D eigenvalue weighted by Crippen LogP contribution is -2.46. The number of phosphoric acid groups is 1. The number of phosphoric ester groups is 1. The number of thioether (sulfide) groups is 1. The largest absolute Gasteiger partial charge is 0.469 e. The Hall–Kier alpha value is -1.17. The third-order valence-electron chi connectivity index (χ3n) is 3.06. The highest BCUT2D eigenvalue weighted by Crippen LogP contribution is 2.38. The van der Waals surface area contributed by atoms with Crippen LogP contribution in [-0.2, 0) is 23.5 Å². The Labute approximate surface area is 155 Å². The number of nitrogens with two attached hydrogens (primary N) is 1. The van der Waals surface area contributed by atoms with Gasteiger partial charge in [0, 0.05) is 30.7 Å². The number of aliphatic hydroxyl groups is 1. The third-order valence-corrected chi connectivity index (χ3v) is 4.50. The minimum atomic E-state index is -4.71. The van der Waals surface area contributed by atoms with Crippen LogP contribution in [0.1, 0.15) is 20.3 Å². The molecule has 0 bridgehead atoms. The molecule has 0 radical (unpaired) electrons. The van der Waals surface area contributed by atoms with Gasteiger partial charge < -0.3 is 31.3 Å². The van der Waals surface area contributed by atoms with E-state index in [-0.39, 0.29) is 24.6 Å². The van der Waals surface area contributed by atoms with Crippen molar-refractivity contribution in [2.45, 2.75) is 26.4 Å². The Morgan fingerprint density at radius 2 is 1.85 bits per heavy atom. The monoisotopic (exact) mass is 415 g/mol. The summed E-state index contributed by atoms with van der Waals surface area (Å²) in [4.78, 5) is 51.3. The molecule has 0 aromatic heterocycles. The van der Waals surface area contributed by atoms with E-state index in [2.05, 4.69) is 15.2 Å². The van der Waals surface area contributed by atoms with Crippen molar-refractivity contribution in [1.82, 2.24) is 10.6 Å². The molecule has 0 aliphatic carbocycles. The van der Waals surface area contributed by atoms with Gasteiger partial charge in [0.15, 0.2) is 0 Å². The SMILES string of the molecule is CC(C)(COP(=O)(O)O)[C@@H](O)C(=O)NCCC(=O)NCCSCC(N)=O. The predicted octanol–water partition coefficient (Wildman–Crippen LogP) is -1.68. The molecule has 11 nitrogen and oxygen atoms in total. The zero-order chi connectivity index (χ0) is 20.4. The van der Waals surface area contributed by atoms with Gasteiger partial charge in [0.2, 0.25) is 17.7 Å². The van der Waals surface area contributed by atoms with E-state index in [0.29, 0.717) is 12.3 Å². The quantitative estimate of drug-likeness (QED) is 0.151. The van der Waals surface area contributed by atoms with Crippen molar-refractivity contribution in [3.8, 4) is 0 Å². The van der Waals surface area contributed by atoms with Gasteiger partial charge in [-0.3, -0.25) is 18.9 Å². The number of rotatable bonds is 13. The van der Waals surface area contributed by atoms with Gasteiger partial charge in [-0.05, 0) is 0 Å². The number of hydrogen-bond donors (Lipinski definition) is 6. The molecule has 0 spiro atoms. The van der Waals surface area contributed by atoms with E-state index in [1.165, 1.54) is 25.6 Å². The van der Waals surface area contributed by atoms with Gasteiger partial charge in [-0.15, -0.1) is 0 Å². The number of carbonyl (C=O) groups excluding carboxylic acids is 3. The number of hydrogen-bond acceptors (Lipinski definition) is 7. The average molecular weight is 415 g/mol. The van der Waals surface area contributed by atoms with E-state index in [9.17, 15) is 24.1 Å². The fourth-order valence-corrected chi connectivity index (χ4v) is 2.70. The van der Waals surface area contributed by atoms with Crippen LogP contribution in [0.5, 0.6) is 0 Å². The lowest BCUT2D eigenvalue weighted by Gasteiger charge is -2.29. The van der Waals surface area contributed by atoms with E-state index in [0.717, 1.165) is 0 Å². The first-order valence-electron chi connectivity index (χ1n) is 7.64. The summed E-state index contributed by atoms with van der Waals surface area (Å²) in [5, 5.41) is 14.9. The number of primary amides is 1. The molecule has 3 amide bonds. The van der Waals surface area contributed by atoms with Crippen LogP contribution in [0.15, 0.2) is 0 Å². The minimum absolute atomic E-state index is 0.0155. The van der Waals surface area contributed by atoms with Gasteiger partial charge in [0.05, 0.1) is 12.4 Å². The average Bonchev–Trinajstić information content (AvgIpc) is 2.51. The van der Waals surface area contributed by atoms with Crippen LogP contribution >= 0.6 is 19.6 Å². The maximum Gasteiger partial charge on any atom is 0.469 e. The summed E-state index contributed by atoms with van der Waals surface area (Å²) in [6.45, 7) is 2.60. The first-order valence-corrected chi connectivity index (χ1v) is 10.3. The van der Waals surface area contributed by atoms with Crippen molar-refractivity contribution in [3.05, 3.63) is 0 Å². The summed E-state index contributed by atoms with van der Waals surface area (Å²) >= 11 is 1.29. The number of nitrogens with one attached hydrogen (secondary N) is 2. The van der Waals surface area contributed by atoms with E-state index in [4.69, 9.17) is 15.5 Å². The number of carbonyl (C=O) groups is 3. The van der Waals surface area contributed by atoms with Crippen molar-refractivity contribution in [3.63, 3.8) is 0 Å². The molecule has 26 heavy (non-hydrogen) atoms. The molecular formula is C13H26N3O8PS. The molecule has 13 heteroatoms. The molecular weight excluding hydrogens is 389 g/mol. The maximum absolute atomic E-state index is 11.9. The lowest BCUT2D eigenvalue weighted by atomic mass is 9.87. The zero-order valence-corrected chi connectivity index (χ0v) is 16.3. The molecule has 0 fully saturated rings. The van der Waals surface area contributed by atoms with Gasteiger partial charge >= 0.3 is 7.82 Å². The van der Waals surface area contributed by atoms with Gasteiger partial charge in [-0.2, -0.15) is 11.8 Å². The van der Waals surface area contributed by atoms with E-state index >= 15 is 0 Å². The molecule has 0 aromatic carbocycles. The first-order chi connectivity index (χ1) is 11.8. The summed E-state index contributed by atoms with van der Waals surface area (Å²) in [6, 6.07) is 0. The van der Waals surface area contributed by atoms with Gasteiger partial charge in [0.1, 0.15) is 6.10 Å². The predicted molar refractivity (Wildman–Crippen MR) is 94.9 cm³/mol. The van der Waals surface area contributed by atoms with Crippen LogP contribution in [0.2, 0.25) is 0 Å². The van der Waals surface area contributed by atoms with Crippen LogP contribution < -0.4 is 16.4 Å². The molecule has 0 saturated carbocycles. The normalized spacial score (nSPS) is 13.1. The van der Waals surface area contributed by atoms with Crippen molar-refractivity contribution in [2.24, 2.45) is 11.1 Å². The number of amides is 3. The molecule has 0 aliphatic heterocycles.